The Morgan fingerprint density at radius 3 is 1.60 bits per heavy atom. The predicted molar refractivity (Wildman–Crippen MR) is 61.5 cm³/mol. The number of aliphatic hydroxyl groups excluding tert-OH is 2. The van der Waals surface area contributed by atoms with Gasteiger partial charge in [0.1, 0.15) is 0 Å². The van der Waals surface area contributed by atoms with Gasteiger partial charge in [0.2, 0.25) is 0 Å². The van der Waals surface area contributed by atoms with Crippen molar-refractivity contribution < 1.29 is 10.2 Å². The third-order valence-electron chi connectivity index (χ3n) is 3.27. The van der Waals surface area contributed by atoms with Crippen LogP contribution in [0.1, 0.15) is 57.8 Å². The van der Waals surface area contributed by atoms with Crippen LogP contribution in [-0.4, -0.2) is 28.5 Å². The molecule has 0 heterocycles. The summed E-state index contributed by atoms with van der Waals surface area (Å²) in [6.07, 6.45) is 7.95. The van der Waals surface area contributed by atoms with E-state index >= 15 is 0 Å². The van der Waals surface area contributed by atoms with Gasteiger partial charge in [0.25, 0.3) is 0 Å². The standard InChI is InChI=1S/C12H25NO2/c13-10-5-1-3-7-11(14)9-12(15)8-4-2-6-10/h10-12,14-15H,1-9,13H2. The summed E-state index contributed by atoms with van der Waals surface area (Å²) >= 11 is 0. The SMILES string of the molecule is NC1CCCCC(O)CC(O)CCCC1. The highest BCUT2D eigenvalue weighted by molar-refractivity contribution is 4.68. The summed E-state index contributed by atoms with van der Waals surface area (Å²) in [6, 6.07) is 0.318. The van der Waals surface area contributed by atoms with Crippen molar-refractivity contribution in [2.45, 2.75) is 76.0 Å². The molecule has 0 bridgehead atoms. The first-order valence-corrected chi connectivity index (χ1v) is 6.30. The highest BCUT2D eigenvalue weighted by atomic mass is 16.3. The van der Waals surface area contributed by atoms with E-state index in [0.29, 0.717) is 12.5 Å². The van der Waals surface area contributed by atoms with Gasteiger partial charge < -0.3 is 15.9 Å². The van der Waals surface area contributed by atoms with Crippen molar-refractivity contribution in [1.82, 2.24) is 0 Å². The summed E-state index contributed by atoms with van der Waals surface area (Å²) < 4.78 is 0. The van der Waals surface area contributed by atoms with Crippen molar-refractivity contribution in [3.8, 4) is 0 Å². The Balaban J connectivity index is 2.30. The lowest BCUT2D eigenvalue weighted by Crippen LogP contribution is -2.22. The molecule has 0 aromatic heterocycles. The third-order valence-corrected chi connectivity index (χ3v) is 3.27. The summed E-state index contributed by atoms with van der Waals surface area (Å²) in [5.74, 6) is 0. The van der Waals surface area contributed by atoms with Crippen molar-refractivity contribution >= 4 is 0 Å². The van der Waals surface area contributed by atoms with Gasteiger partial charge in [0, 0.05) is 6.04 Å². The van der Waals surface area contributed by atoms with Crippen LogP contribution in [0, 0.1) is 0 Å². The molecule has 15 heavy (non-hydrogen) atoms. The smallest absolute Gasteiger partial charge is 0.0564 e. The normalized spacial score (nSPS) is 36.6. The number of aliphatic hydroxyl groups is 2. The van der Waals surface area contributed by atoms with Crippen molar-refractivity contribution in [2.75, 3.05) is 0 Å². The molecule has 4 N–H and O–H groups in total. The summed E-state index contributed by atoms with van der Waals surface area (Å²) in [4.78, 5) is 0. The zero-order valence-electron chi connectivity index (χ0n) is 9.57. The van der Waals surface area contributed by atoms with E-state index in [4.69, 9.17) is 5.73 Å². The number of rotatable bonds is 0. The quantitative estimate of drug-likeness (QED) is 0.574. The largest absolute Gasteiger partial charge is 0.393 e. The first kappa shape index (κ1) is 12.9. The van der Waals surface area contributed by atoms with Crippen molar-refractivity contribution in [1.29, 1.82) is 0 Å². The molecular formula is C12H25NO2. The van der Waals surface area contributed by atoms with Crippen LogP contribution >= 0.6 is 0 Å². The molecule has 2 atom stereocenters. The maximum Gasteiger partial charge on any atom is 0.0564 e. The molecule has 0 aromatic rings. The molecule has 2 unspecified atom stereocenters. The molecule has 0 spiro atoms. The predicted octanol–water partition coefficient (Wildman–Crippen LogP) is 1.56. The second-order valence-electron chi connectivity index (χ2n) is 4.87. The zero-order chi connectivity index (χ0) is 11.1. The second kappa shape index (κ2) is 7.20. The lowest BCUT2D eigenvalue weighted by atomic mass is 9.96. The van der Waals surface area contributed by atoms with Crippen LogP contribution in [0.15, 0.2) is 0 Å². The van der Waals surface area contributed by atoms with Gasteiger partial charge in [-0.3, -0.25) is 0 Å². The fourth-order valence-electron chi connectivity index (χ4n) is 2.27. The first-order chi connectivity index (χ1) is 7.18. The van der Waals surface area contributed by atoms with Crippen LogP contribution in [0.2, 0.25) is 0 Å². The van der Waals surface area contributed by atoms with Crippen LogP contribution in [0.5, 0.6) is 0 Å². The molecular weight excluding hydrogens is 190 g/mol. The van der Waals surface area contributed by atoms with Crippen molar-refractivity contribution in [2.24, 2.45) is 5.73 Å². The highest BCUT2D eigenvalue weighted by Crippen LogP contribution is 2.16. The molecule has 0 aromatic carbocycles. The summed E-state index contributed by atoms with van der Waals surface area (Å²) in [5, 5.41) is 19.3. The molecule has 1 fully saturated rings. The van der Waals surface area contributed by atoms with Crippen LogP contribution in [0.4, 0.5) is 0 Å². The van der Waals surface area contributed by atoms with E-state index < -0.39 is 0 Å². The lowest BCUT2D eigenvalue weighted by Gasteiger charge is -2.18. The van der Waals surface area contributed by atoms with Gasteiger partial charge >= 0.3 is 0 Å². The molecule has 0 radical (unpaired) electrons. The van der Waals surface area contributed by atoms with Gasteiger partial charge in [-0.15, -0.1) is 0 Å². The Hall–Kier alpha value is -0.120. The third kappa shape index (κ3) is 6.13. The van der Waals surface area contributed by atoms with E-state index in [1.165, 1.54) is 0 Å². The van der Waals surface area contributed by atoms with Crippen LogP contribution in [0.3, 0.4) is 0 Å². The Bertz CT molecular complexity index is 148. The molecule has 1 aliphatic rings. The Morgan fingerprint density at radius 2 is 1.13 bits per heavy atom. The Morgan fingerprint density at radius 1 is 0.733 bits per heavy atom. The molecule has 1 saturated carbocycles. The first-order valence-electron chi connectivity index (χ1n) is 6.30. The van der Waals surface area contributed by atoms with Gasteiger partial charge in [0.15, 0.2) is 0 Å². The van der Waals surface area contributed by atoms with E-state index in [2.05, 4.69) is 0 Å². The van der Waals surface area contributed by atoms with Crippen molar-refractivity contribution in [3.63, 3.8) is 0 Å². The minimum absolute atomic E-state index is 0.318. The van der Waals surface area contributed by atoms with E-state index in [9.17, 15) is 10.2 Å². The lowest BCUT2D eigenvalue weighted by molar-refractivity contribution is 0.0672. The van der Waals surface area contributed by atoms with Gasteiger partial charge in [-0.1, -0.05) is 25.7 Å². The van der Waals surface area contributed by atoms with Crippen LogP contribution in [0.25, 0.3) is 0 Å². The summed E-state index contributed by atoms with van der Waals surface area (Å²) in [6.45, 7) is 0. The topological polar surface area (TPSA) is 66.5 Å². The van der Waals surface area contributed by atoms with Crippen LogP contribution in [-0.2, 0) is 0 Å². The van der Waals surface area contributed by atoms with E-state index in [-0.39, 0.29) is 12.2 Å². The van der Waals surface area contributed by atoms with E-state index in [1.54, 1.807) is 0 Å². The molecule has 1 aliphatic carbocycles. The number of hydrogen-bond acceptors (Lipinski definition) is 3. The average molecular weight is 215 g/mol. The average Bonchev–Trinajstić information content (AvgIpc) is 2.18. The summed E-state index contributed by atoms with van der Waals surface area (Å²) in [7, 11) is 0. The molecule has 3 nitrogen and oxygen atoms in total. The monoisotopic (exact) mass is 215 g/mol. The minimum atomic E-state index is -0.323. The number of hydrogen-bond donors (Lipinski definition) is 3. The maximum absolute atomic E-state index is 9.64. The molecule has 3 heteroatoms. The molecule has 0 amide bonds. The zero-order valence-corrected chi connectivity index (χ0v) is 9.57. The van der Waals surface area contributed by atoms with E-state index in [1.807, 2.05) is 0 Å². The fourth-order valence-corrected chi connectivity index (χ4v) is 2.27. The van der Waals surface area contributed by atoms with Gasteiger partial charge in [-0.25, -0.2) is 0 Å². The highest BCUT2D eigenvalue weighted by Gasteiger charge is 2.13. The number of nitrogens with two attached hydrogens (primary N) is 1. The maximum atomic E-state index is 9.64. The van der Waals surface area contributed by atoms with Crippen LogP contribution < -0.4 is 5.73 Å². The minimum Gasteiger partial charge on any atom is -0.393 e. The Labute approximate surface area is 92.7 Å². The second-order valence-corrected chi connectivity index (χ2v) is 4.87. The fraction of sp³-hybridized carbons (Fsp3) is 1.00. The molecule has 0 aliphatic heterocycles. The van der Waals surface area contributed by atoms with Gasteiger partial charge in [-0.05, 0) is 32.1 Å². The summed E-state index contributed by atoms with van der Waals surface area (Å²) in [5.41, 5.74) is 5.96. The molecule has 1 rings (SSSR count). The molecule has 0 saturated heterocycles. The molecule has 90 valence electrons. The van der Waals surface area contributed by atoms with E-state index in [0.717, 1.165) is 51.4 Å². The van der Waals surface area contributed by atoms with Gasteiger partial charge in [-0.2, -0.15) is 0 Å². The van der Waals surface area contributed by atoms with Crippen molar-refractivity contribution in [3.05, 3.63) is 0 Å². The van der Waals surface area contributed by atoms with Gasteiger partial charge in [0.05, 0.1) is 12.2 Å². The Kier molecular flexibility index (Phi) is 6.22.